The molecule has 94 valence electrons. The number of amides is 1. The average Bonchev–Trinajstić information content (AvgIpc) is 2.87. The number of hydrogen-bond acceptors (Lipinski definition) is 2. The first-order chi connectivity index (χ1) is 8.68. The van der Waals surface area contributed by atoms with E-state index in [1.165, 1.54) is 0 Å². The van der Waals surface area contributed by atoms with Gasteiger partial charge in [0.25, 0.3) is 0 Å². The molecule has 1 saturated carbocycles. The van der Waals surface area contributed by atoms with Crippen molar-refractivity contribution < 1.29 is 4.79 Å². The first-order valence-corrected chi connectivity index (χ1v) is 6.49. The highest BCUT2D eigenvalue weighted by Crippen LogP contribution is 2.37. The van der Waals surface area contributed by atoms with Crippen LogP contribution in [0.3, 0.4) is 0 Å². The smallest absolute Gasteiger partial charge is 0.240 e. The van der Waals surface area contributed by atoms with E-state index in [1.807, 2.05) is 18.2 Å². The Morgan fingerprint density at radius 3 is 2.67 bits per heavy atom. The standard InChI is InChI=1S/C14H15ClN2O/c15-12-6-2-1-5-11(12)9-17-13(18)14(10-16)7-3-4-8-14/h1-2,5-6H,3-4,7-9H2,(H,17,18). The van der Waals surface area contributed by atoms with Gasteiger partial charge in [-0.05, 0) is 24.5 Å². The lowest BCUT2D eigenvalue weighted by Gasteiger charge is -2.19. The zero-order chi connectivity index (χ0) is 13.0. The molecule has 0 radical (unpaired) electrons. The van der Waals surface area contributed by atoms with E-state index in [2.05, 4.69) is 11.4 Å². The minimum atomic E-state index is -0.818. The van der Waals surface area contributed by atoms with Crippen molar-refractivity contribution in [2.45, 2.75) is 32.2 Å². The Hall–Kier alpha value is -1.53. The van der Waals surface area contributed by atoms with Crippen LogP contribution in [0.5, 0.6) is 0 Å². The zero-order valence-electron chi connectivity index (χ0n) is 10.1. The summed E-state index contributed by atoms with van der Waals surface area (Å²) in [6, 6.07) is 9.57. The highest BCUT2D eigenvalue weighted by atomic mass is 35.5. The van der Waals surface area contributed by atoms with E-state index < -0.39 is 5.41 Å². The van der Waals surface area contributed by atoms with Crippen LogP contribution in [0.15, 0.2) is 24.3 Å². The van der Waals surface area contributed by atoms with E-state index in [4.69, 9.17) is 11.6 Å². The first-order valence-electron chi connectivity index (χ1n) is 6.11. The topological polar surface area (TPSA) is 52.9 Å². The molecule has 4 heteroatoms. The van der Waals surface area contributed by atoms with Gasteiger partial charge in [-0.15, -0.1) is 0 Å². The SMILES string of the molecule is N#CC1(C(=O)NCc2ccccc2Cl)CCCC1. The van der Waals surface area contributed by atoms with E-state index in [9.17, 15) is 10.1 Å². The van der Waals surface area contributed by atoms with Crippen molar-refractivity contribution in [1.29, 1.82) is 5.26 Å². The van der Waals surface area contributed by atoms with Gasteiger partial charge >= 0.3 is 0 Å². The molecule has 1 aromatic carbocycles. The second-order valence-electron chi connectivity index (χ2n) is 4.68. The summed E-state index contributed by atoms with van der Waals surface area (Å²) >= 11 is 6.02. The second-order valence-corrected chi connectivity index (χ2v) is 5.08. The van der Waals surface area contributed by atoms with E-state index >= 15 is 0 Å². The minimum Gasteiger partial charge on any atom is -0.351 e. The molecule has 0 spiro atoms. The van der Waals surface area contributed by atoms with Crippen molar-refractivity contribution in [2.24, 2.45) is 5.41 Å². The maximum absolute atomic E-state index is 12.1. The Morgan fingerprint density at radius 1 is 1.39 bits per heavy atom. The van der Waals surface area contributed by atoms with E-state index in [-0.39, 0.29) is 5.91 Å². The van der Waals surface area contributed by atoms with Gasteiger partial charge in [0.1, 0.15) is 5.41 Å². The molecule has 18 heavy (non-hydrogen) atoms. The second kappa shape index (κ2) is 5.41. The van der Waals surface area contributed by atoms with E-state index in [0.717, 1.165) is 18.4 Å². The maximum Gasteiger partial charge on any atom is 0.240 e. The number of hydrogen-bond donors (Lipinski definition) is 1. The number of nitriles is 1. The molecule has 1 aliphatic rings. The van der Waals surface area contributed by atoms with Crippen molar-refractivity contribution in [3.05, 3.63) is 34.9 Å². The number of carbonyl (C=O) groups is 1. The normalized spacial score (nSPS) is 17.1. The summed E-state index contributed by atoms with van der Waals surface area (Å²) < 4.78 is 0. The Labute approximate surface area is 112 Å². The van der Waals surface area contributed by atoms with Crippen LogP contribution in [0, 0.1) is 16.7 Å². The molecule has 1 aromatic rings. The van der Waals surface area contributed by atoms with Gasteiger partial charge in [0, 0.05) is 11.6 Å². The molecule has 1 fully saturated rings. The van der Waals surface area contributed by atoms with Gasteiger partial charge in [-0.3, -0.25) is 4.79 Å². The fraction of sp³-hybridized carbons (Fsp3) is 0.429. The number of benzene rings is 1. The third-order valence-corrected chi connectivity index (χ3v) is 3.87. The van der Waals surface area contributed by atoms with Crippen LogP contribution in [0.2, 0.25) is 5.02 Å². The average molecular weight is 263 g/mol. The van der Waals surface area contributed by atoms with Crippen LogP contribution in [-0.4, -0.2) is 5.91 Å². The third kappa shape index (κ3) is 2.49. The van der Waals surface area contributed by atoms with Crippen LogP contribution >= 0.6 is 11.6 Å². The lowest BCUT2D eigenvalue weighted by molar-refractivity contribution is -0.128. The van der Waals surface area contributed by atoms with Crippen molar-refractivity contribution in [1.82, 2.24) is 5.32 Å². The van der Waals surface area contributed by atoms with Gasteiger partial charge < -0.3 is 5.32 Å². The largest absolute Gasteiger partial charge is 0.351 e. The van der Waals surface area contributed by atoms with Gasteiger partial charge in [-0.2, -0.15) is 5.26 Å². The number of halogens is 1. The summed E-state index contributed by atoms with van der Waals surface area (Å²) in [4.78, 5) is 12.1. The van der Waals surface area contributed by atoms with E-state index in [0.29, 0.717) is 24.4 Å². The summed E-state index contributed by atoms with van der Waals surface area (Å²) in [7, 11) is 0. The highest BCUT2D eigenvalue weighted by Gasteiger charge is 2.41. The molecule has 0 bridgehead atoms. The van der Waals surface area contributed by atoms with Crippen molar-refractivity contribution >= 4 is 17.5 Å². The quantitative estimate of drug-likeness (QED) is 0.910. The lowest BCUT2D eigenvalue weighted by atomic mass is 9.87. The Bertz CT molecular complexity index is 487. The van der Waals surface area contributed by atoms with Gasteiger partial charge in [0.15, 0.2) is 0 Å². The molecule has 1 amide bonds. The predicted octanol–water partition coefficient (Wildman–Crippen LogP) is 3.04. The molecular weight excluding hydrogens is 248 g/mol. The monoisotopic (exact) mass is 262 g/mol. The summed E-state index contributed by atoms with van der Waals surface area (Å²) in [5, 5.41) is 12.7. The summed E-state index contributed by atoms with van der Waals surface area (Å²) in [5.74, 6) is -0.164. The van der Waals surface area contributed by atoms with Crippen molar-refractivity contribution in [3.8, 4) is 6.07 Å². The third-order valence-electron chi connectivity index (χ3n) is 3.50. The predicted molar refractivity (Wildman–Crippen MR) is 69.8 cm³/mol. The first kappa shape index (κ1) is 12.9. The van der Waals surface area contributed by atoms with Gasteiger partial charge in [0.05, 0.1) is 6.07 Å². The molecule has 0 atom stereocenters. The summed E-state index contributed by atoms with van der Waals surface area (Å²) in [5.41, 5.74) is 0.0555. The Morgan fingerprint density at radius 2 is 2.06 bits per heavy atom. The van der Waals surface area contributed by atoms with Crippen LogP contribution in [0.4, 0.5) is 0 Å². The van der Waals surface area contributed by atoms with Crippen LogP contribution < -0.4 is 5.32 Å². The summed E-state index contributed by atoms with van der Waals surface area (Å²) in [6.07, 6.45) is 3.23. The minimum absolute atomic E-state index is 0.164. The van der Waals surface area contributed by atoms with Crippen molar-refractivity contribution in [3.63, 3.8) is 0 Å². The number of carbonyl (C=O) groups excluding carboxylic acids is 1. The van der Waals surface area contributed by atoms with Gasteiger partial charge in [-0.1, -0.05) is 42.6 Å². The van der Waals surface area contributed by atoms with Gasteiger partial charge in [-0.25, -0.2) is 0 Å². The fourth-order valence-electron chi connectivity index (χ4n) is 2.35. The Kier molecular flexibility index (Phi) is 3.88. The molecule has 0 aromatic heterocycles. The molecule has 0 saturated heterocycles. The fourth-order valence-corrected chi connectivity index (χ4v) is 2.56. The van der Waals surface area contributed by atoms with Crippen LogP contribution in [-0.2, 0) is 11.3 Å². The van der Waals surface area contributed by atoms with E-state index in [1.54, 1.807) is 6.07 Å². The van der Waals surface area contributed by atoms with Crippen LogP contribution in [0.25, 0.3) is 0 Å². The molecule has 3 nitrogen and oxygen atoms in total. The molecular formula is C14H15ClN2O. The molecule has 2 rings (SSSR count). The highest BCUT2D eigenvalue weighted by molar-refractivity contribution is 6.31. The Balaban J connectivity index is 2.01. The van der Waals surface area contributed by atoms with Crippen LogP contribution in [0.1, 0.15) is 31.2 Å². The van der Waals surface area contributed by atoms with Crippen molar-refractivity contribution in [2.75, 3.05) is 0 Å². The lowest BCUT2D eigenvalue weighted by Crippen LogP contribution is -2.37. The molecule has 0 heterocycles. The molecule has 0 unspecified atom stereocenters. The number of nitrogens with one attached hydrogen (secondary N) is 1. The number of rotatable bonds is 3. The zero-order valence-corrected chi connectivity index (χ0v) is 10.8. The van der Waals surface area contributed by atoms with Gasteiger partial charge in [0.2, 0.25) is 5.91 Å². The molecule has 1 N–H and O–H groups in total. The molecule has 1 aliphatic carbocycles. The summed E-state index contributed by atoms with van der Waals surface area (Å²) in [6.45, 7) is 0.377. The number of nitrogens with zero attached hydrogens (tertiary/aromatic N) is 1. The molecule has 0 aliphatic heterocycles. The maximum atomic E-state index is 12.1.